The van der Waals surface area contributed by atoms with Gasteiger partial charge < -0.3 is 9.47 Å². The predicted octanol–water partition coefficient (Wildman–Crippen LogP) is 4.35. The number of para-hydroxylation sites is 1. The minimum atomic E-state index is 0.564. The van der Waals surface area contributed by atoms with Crippen molar-refractivity contribution >= 4 is 23.0 Å². The Kier molecular flexibility index (Phi) is 4.86. The molecule has 0 N–H and O–H groups in total. The first-order valence-corrected chi connectivity index (χ1v) is 8.79. The van der Waals surface area contributed by atoms with Crippen LogP contribution in [-0.2, 0) is 12.8 Å². The van der Waals surface area contributed by atoms with Crippen LogP contribution in [0.4, 0.5) is 0 Å². The summed E-state index contributed by atoms with van der Waals surface area (Å²) >= 11 is 1.64. The summed E-state index contributed by atoms with van der Waals surface area (Å²) in [4.78, 5) is 6.03. The highest BCUT2D eigenvalue weighted by molar-refractivity contribution is 7.13. The van der Waals surface area contributed by atoms with Gasteiger partial charge in [-0.3, -0.25) is 0 Å². The van der Waals surface area contributed by atoms with Crippen LogP contribution in [0.1, 0.15) is 34.5 Å². The van der Waals surface area contributed by atoms with Gasteiger partial charge in [0.1, 0.15) is 11.1 Å². The molecule has 1 unspecified atom stereocenters. The summed E-state index contributed by atoms with van der Waals surface area (Å²) in [6, 6.07) is 7.92. The highest BCUT2D eigenvalue weighted by Gasteiger charge is 2.21. The fourth-order valence-corrected chi connectivity index (χ4v) is 4.22. The van der Waals surface area contributed by atoms with Crippen LogP contribution in [0.15, 0.2) is 18.2 Å². The molecule has 1 heterocycles. The van der Waals surface area contributed by atoms with Gasteiger partial charge in [-0.2, -0.15) is 5.26 Å². The molecule has 1 aromatic heterocycles. The van der Waals surface area contributed by atoms with Gasteiger partial charge in [0.05, 0.1) is 25.5 Å². The topological polar surface area (TPSA) is 55.1 Å². The zero-order valence-corrected chi connectivity index (χ0v) is 14.9. The molecule has 2 aromatic rings. The van der Waals surface area contributed by atoms with E-state index < -0.39 is 0 Å². The van der Waals surface area contributed by atoms with Gasteiger partial charge in [0, 0.05) is 10.4 Å². The first kappa shape index (κ1) is 16.5. The van der Waals surface area contributed by atoms with Crippen molar-refractivity contribution < 1.29 is 9.47 Å². The Morgan fingerprint density at radius 1 is 1.38 bits per heavy atom. The van der Waals surface area contributed by atoms with E-state index in [0.717, 1.165) is 29.1 Å². The van der Waals surface area contributed by atoms with Gasteiger partial charge in [0.15, 0.2) is 11.5 Å². The number of benzene rings is 1. The standard InChI is InChI=1S/C19H20N2O2S/c1-12-7-8-15-17(9-12)24-19(21-15)14(11-20)10-13-5-4-6-16(22-2)18(13)23-3/h4-6,10,12H,7-9H2,1-3H3/b14-10+. The lowest BCUT2D eigenvalue weighted by Crippen LogP contribution is -2.09. The lowest BCUT2D eigenvalue weighted by molar-refractivity contribution is 0.354. The maximum atomic E-state index is 9.62. The van der Waals surface area contributed by atoms with Crippen LogP contribution in [0.3, 0.4) is 0 Å². The molecule has 124 valence electrons. The van der Waals surface area contributed by atoms with Crippen molar-refractivity contribution in [3.05, 3.63) is 39.3 Å². The summed E-state index contributed by atoms with van der Waals surface area (Å²) in [5.41, 5.74) is 2.54. The zero-order chi connectivity index (χ0) is 17.1. The van der Waals surface area contributed by atoms with Crippen molar-refractivity contribution in [2.24, 2.45) is 5.92 Å². The van der Waals surface area contributed by atoms with Crippen LogP contribution >= 0.6 is 11.3 Å². The maximum Gasteiger partial charge on any atom is 0.167 e. The number of hydrogen-bond donors (Lipinski definition) is 0. The van der Waals surface area contributed by atoms with Gasteiger partial charge in [-0.05, 0) is 37.3 Å². The minimum Gasteiger partial charge on any atom is -0.493 e. The molecule has 0 saturated heterocycles. The Balaban J connectivity index is 2.01. The lowest BCUT2D eigenvalue weighted by Gasteiger charge is -2.15. The average Bonchev–Trinajstić information content (AvgIpc) is 3.01. The minimum absolute atomic E-state index is 0.564. The van der Waals surface area contributed by atoms with Crippen LogP contribution in [-0.4, -0.2) is 19.2 Å². The Hall–Kier alpha value is -2.32. The van der Waals surface area contributed by atoms with Gasteiger partial charge in [0.25, 0.3) is 0 Å². The van der Waals surface area contributed by atoms with Crippen molar-refractivity contribution in [2.75, 3.05) is 14.2 Å². The van der Waals surface area contributed by atoms with Gasteiger partial charge in [-0.1, -0.05) is 19.1 Å². The molecule has 0 bridgehead atoms. The van der Waals surface area contributed by atoms with Crippen LogP contribution in [0, 0.1) is 17.2 Å². The Morgan fingerprint density at radius 2 is 2.21 bits per heavy atom. The molecule has 0 saturated carbocycles. The Labute approximate surface area is 146 Å². The largest absolute Gasteiger partial charge is 0.493 e. The number of nitrogens with zero attached hydrogens (tertiary/aromatic N) is 2. The molecule has 0 spiro atoms. The second kappa shape index (κ2) is 7.06. The summed E-state index contributed by atoms with van der Waals surface area (Å²) in [7, 11) is 3.21. The summed E-state index contributed by atoms with van der Waals surface area (Å²) in [5, 5.41) is 10.4. The van der Waals surface area contributed by atoms with Crippen LogP contribution in [0.25, 0.3) is 11.6 Å². The van der Waals surface area contributed by atoms with E-state index in [-0.39, 0.29) is 0 Å². The van der Waals surface area contributed by atoms with E-state index in [1.807, 2.05) is 24.3 Å². The number of fused-ring (bicyclic) bond motifs is 1. The van der Waals surface area contributed by atoms with E-state index in [0.29, 0.717) is 23.0 Å². The molecule has 24 heavy (non-hydrogen) atoms. The van der Waals surface area contributed by atoms with Gasteiger partial charge >= 0.3 is 0 Å². The zero-order valence-electron chi connectivity index (χ0n) is 14.1. The number of nitriles is 1. The number of hydrogen-bond acceptors (Lipinski definition) is 5. The van der Waals surface area contributed by atoms with Crippen molar-refractivity contribution in [3.8, 4) is 17.6 Å². The van der Waals surface area contributed by atoms with Crippen molar-refractivity contribution in [3.63, 3.8) is 0 Å². The number of ether oxygens (including phenoxy) is 2. The van der Waals surface area contributed by atoms with Gasteiger partial charge in [-0.15, -0.1) is 11.3 Å². The van der Waals surface area contributed by atoms with Crippen LogP contribution in [0.2, 0.25) is 0 Å². The SMILES string of the molecule is COc1cccc(/C=C(\C#N)c2nc3c(s2)CC(C)CC3)c1OC. The number of aryl methyl sites for hydroxylation is 1. The Morgan fingerprint density at radius 3 is 2.92 bits per heavy atom. The van der Waals surface area contributed by atoms with Crippen molar-refractivity contribution in [1.29, 1.82) is 5.26 Å². The molecular weight excluding hydrogens is 320 g/mol. The molecule has 1 aliphatic carbocycles. The number of allylic oxidation sites excluding steroid dienone is 1. The average molecular weight is 340 g/mol. The third-order valence-electron chi connectivity index (χ3n) is 4.27. The molecule has 0 fully saturated rings. The van der Waals surface area contributed by atoms with Crippen LogP contribution in [0.5, 0.6) is 11.5 Å². The smallest absolute Gasteiger partial charge is 0.167 e. The predicted molar refractivity (Wildman–Crippen MR) is 96.3 cm³/mol. The van der Waals surface area contributed by atoms with E-state index in [1.165, 1.54) is 11.3 Å². The molecule has 0 radical (unpaired) electrons. The summed E-state index contributed by atoms with van der Waals surface area (Å²) in [6.45, 7) is 2.27. The van der Waals surface area contributed by atoms with E-state index in [2.05, 4.69) is 13.0 Å². The number of thiazole rings is 1. The molecule has 1 atom stereocenters. The van der Waals surface area contributed by atoms with E-state index in [1.54, 1.807) is 25.6 Å². The molecular formula is C19H20N2O2S. The first-order valence-electron chi connectivity index (χ1n) is 7.98. The quantitative estimate of drug-likeness (QED) is 0.777. The van der Waals surface area contributed by atoms with Crippen LogP contribution < -0.4 is 9.47 Å². The lowest BCUT2D eigenvalue weighted by atomic mass is 9.93. The molecule has 1 aliphatic rings. The van der Waals surface area contributed by atoms with Crippen molar-refractivity contribution in [1.82, 2.24) is 4.98 Å². The molecule has 3 rings (SSSR count). The third-order valence-corrected chi connectivity index (χ3v) is 5.42. The normalized spacial score (nSPS) is 17.1. The second-order valence-corrected chi connectivity index (χ2v) is 7.07. The second-order valence-electron chi connectivity index (χ2n) is 5.99. The number of aromatic nitrogens is 1. The number of rotatable bonds is 4. The van der Waals surface area contributed by atoms with E-state index in [9.17, 15) is 5.26 Å². The monoisotopic (exact) mass is 340 g/mol. The van der Waals surface area contributed by atoms with E-state index in [4.69, 9.17) is 14.5 Å². The van der Waals surface area contributed by atoms with Gasteiger partial charge in [-0.25, -0.2) is 4.98 Å². The molecule has 0 aliphatic heterocycles. The molecule has 4 nitrogen and oxygen atoms in total. The summed E-state index contributed by atoms with van der Waals surface area (Å²) in [6.07, 6.45) is 5.07. The van der Waals surface area contributed by atoms with Gasteiger partial charge in [0.2, 0.25) is 0 Å². The highest BCUT2D eigenvalue weighted by Crippen LogP contribution is 2.36. The van der Waals surface area contributed by atoms with E-state index >= 15 is 0 Å². The maximum absolute atomic E-state index is 9.62. The molecule has 0 amide bonds. The highest BCUT2D eigenvalue weighted by atomic mass is 32.1. The van der Waals surface area contributed by atoms with Crippen molar-refractivity contribution in [2.45, 2.75) is 26.2 Å². The fraction of sp³-hybridized carbons (Fsp3) is 0.368. The molecule has 1 aromatic carbocycles. The summed E-state index contributed by atoms with van der Waals surface area (Å²) < 4.78 is 10.8. The molecule has 5 heteroatoms. The first-order chi connectivity index (χ1) is 11.7. The number of methoxy groups -OCH3 is 2. The Bertz CT molecular complexity index is 817. The summed E-state index contributed by atoms with van der Waals surface area (Å²) in [5.74, 6) is 1.97. The fourth-order valence-electron chi connectivity index (χ4n) is 2.98. The third kappa shape index (κ3) is 3.15.